The van der Waals surface area contributed by atoms with E-state index < -0.39 is 4.92 Å². The molecule has 0 aliphatic rings. The summed E-state index contributed by atoms with van der Waals surface area (Å²) in [5.41, 5.74) is 2.28. The van der Waals surface area contributed by atoms with Crippen LogP contribution in [0.25, 0.3) is 38.0 Å². The Balaban J connectivity index is 1.86. The minimum absolute atomic E-state index is 0.0266. The molecule has 0 amide bonds. The minimum Gasteiger partial charge on any atom is -0.268 e. The molecule has 0 radical (unpaired) electrons. The van der Waals surface area contributed by atoms with E-state index in [0.717, 1.165) is 10.9 Å². The minimum atomic E-state index is -0.454. The van der Waals surface area contributed by atoms with Gasteiger partial charge in [0.05, 0.1) is 27.0 Å². The summed E-state index contributed by atoms with van der Waals surface area (Å²) in [5.74, 6) is 0. The summed E-state index contributed by atoms with van der Waals surface area (Å²) in [6, 6.07) is 13.8. The molecule has 0 atom stereocenters. The maximum absolute atomic E-state index is 13.2. The van der Waals surface area contributed by atoms with Gasteiger partial charge in [0.25, 0.3) is 11.2 Å². The Morgan fingerprint density at radius 1 is 1.07 bits per heavy atom. The van der Waals surface area contributed by atoms with E-state index in [1.165, 1.54) is 34.1 Å². The second kappa shape index (κ2) is 5.68. The van der Waals surface area contributed by atoms with Gasteiger partial charge in [-0.2, -0.15) is 0 Å². The highest BCUT2D eigenvalue weighted by atomic mass is 32.1. The number of benzene rings is 2. The molecule has 0 saturated carbocycles. The zero-order valence-electron chi connectivity index (χ0n) is 13.7. The van der Waals surface area contributed by atoms with Gasteiger partial charge < -0.3 is 0 Å². The number of aromatic nitrogens is 3. The molecule has 3 heterocycles. The Labute approximate surface area is 155 Å². The topological polar surface area (TPSA) is 90.4 Å². The van der Waals surface area contributed by atoms with Crippen LogP contribution in [0.2, 0.25) is 0 Å². The zero-order chi connectivity index (χ0) is 18.5. The van der Waals surface area contributed by atoms with Gasteiger partial charge in [-0.25, -0.2) is 4.98 Å². The highest BCUT2D eigenvalue weighted by Crippen LogP contribution is 2.29. The van der Waals surface area contributed by atoms with Crippen LogP contribution >= 0.6 is 11.3 Å². The zero-order valence-corrected chi connectivity index (χ0v) is 14.5. The molecule has 0 saturated heterocycles. The number of non-ortho nitro benzene ring substituents is 1. The van der Waals surface area contributed by atoms with Crippen LogP contribution in [0.5, 0.6) is 0 Å². The molecular weight excluding hydrogens is 364 g/mol. The molecule has 8 heteroatoms. The standard InChI is InChI=1S/C19H10N4O3S/c24-18-14-9-20-15-7-2-1-6-13(15)17(14)21-19-22(18)16(10-27-19)11-4-3-5-12(8-11)23(25)26/h1-10H. The van der Waals surface area contributed by atoms with Crippen LogP contribution < -0.4 is 5.56 Å². The van der Waals surface area contributed by atoms with Crippen molar-refractivity contribution in [1.29, 1.82) is 0 Å². The smallest absolute Gasteiger partial charge is 0.268 e. The fourth-order valence-electron chi connectivity index (χ4n) is 3.19. The Morgan fingerprint density at radius 2 is 1.93 bits per heavy atom. The number of nitro benzene ring substituents is 1. The average Bonchev–Trinajstić information content (AvgIpc) is 3.12. The molecule has 0 aliphatic carbocycles. The predicted molar refractivity (Wildman–Crippen MR) is 104 cm³/mol. The van der Waals surface area contributed by atoms with Crippen LogP contribution in [0.4, 0.5) is 5.69 Å². The first kappa shape index (κ1) is 15.6. The van der Waals surface area contributed by atoms with Gasteiger partial charge in [0.1, 0.15) is 0 Å². The second-order valence-corrected chi connectivity index (χ2v) is 6.84. The molecule has 0 aliphatic heterocycles. The van der Waals surface area contributed by atoms with Crippen molar-refractivity contribution in [1.82, 2.24) is 14.4 Å². The molecule has 27 heavy (non-hydrogen) atoms. The largest absolute Gasteiger partial charge is 0.270 e. The Morgan fingerprint density at radius 3 is 2.78 bits per heavy atom. The van der Waals surface area contributed by atoms with E-state index in [2.05, 4.69) is 9.97 Å². The van der Waals surface area contributed by atoms with E-state index in [-0.39, 0.29) is 11.2 Å². The van der Waals surface area contributed by atoms with E-state index in [1.807, 2.05) is 24.3 Å². The van der Waals surface area contributed by atoms with Crippen molar-refractivity contribution in [3.63, 3.8) is 0 Å². The number of nitrogens with zero attached hydrogens (tertiary/aromatic N) is 4. The number of hydrogen-bond donors (Lipinski definition) is 0. The number of para-hydroxylation sites is 1. The van der Waals surface area contributed by atoms with E-state index in [4.69, 9.17) is 0 Å². The maximum Gasteiger partial charge on any atom is 0.270 e. The summed E-state index contributed by atoms with van der Waals surface area (Å²) in [7, 11) is 0. The molecular formula is C19H10N4O3S. The first-order valence-electron chi connectivity index (χ1n) is 8.06. The van der Waals surface area contributed by atoms with Gasteiger partial charge in [-0.3, -0.25) is 24.3 Å². The first-order chi connectivity index (χ1) is 13.1. The Bertz CT molecular complexity index is 1440. The third-order valence-corrected chi connectivity index (χ3v) is 5.27. The predicted octanol–water partition coefficient (Wildman–Crippen LogP) is 4.03. The lowest BCUT2D eigenvalue weighted by Crippen LogP contribution is -2.15. The molecule has 130 valence electrons. The average molecular weight is 374 g/mol. The van der Waals surface area contributed by atoms with Crippen LogP contribution in [-0.2, 0) is 0 Å². The molecule has 0 bridgehead atoms. The SMILES string of the molecule is O=c1c2cnc3ccccc3c2nc2scc(-c3cccc([N+](=O)[O-])c3)n12. The lowest BCUT2D eigenvalue weighted by atomic mass is 10.1. The molecule has 5 aromatic rings. The van der Waals surface area contributed by atoms with Gasteiger partial charge in [-0.1, -0.05) is 30.3 Å². The molecule has 0 unspecified atom stereocenters. The number of nitro groups is 1. The lowest BCUT2D eigenvalue weighted by Gasteiger charge is -2.05. The third-order valence-electron chi connectivity index (χ3n) is 4.45. The molecule has 0 N–H and O–H groups in total. The number of fused-ring (bicyclic) bond motifs is 4. The summed E-state index contributed by atoms with van der Waals surface area (Å²) in [5, 5.41) is 14.1. The van der Waals surface area contributed by atoms with Gasteiger partial charge in [-0.15, -0.1) is 11.3 Å². The number of hydrogen-bond acceptors (Lipinski definition) is 6. The fraction of sp³-hybridized carbons (Fsp3) is 0. The van der Waals surface area contributed by atoms with Crippen LogP contribution in [0.1, 0.15) is 0 Å². The highest BCUT2D eigenvalue weighted by molar-refractivity contribution is 7.15. The molecule has 3 aromatic heterocycles. The Hall–Kier alpha value is -3.65. The summed E-state index contributed by atoms with van der Waals surface area (Å²) >= 11 is 1.32. The lowest BCUT2D eigenvalue weighted by molar-refractivity contribution is -0.384. The fourth-order valence-corrected chi connectivity index (χ4v) is 4.07. The van der Waals surface area contributed by atoms with Gasteiger partial charge in [-0.05, 0) is 6.07 Å². The van der Waals surface area contributed by atoms with Crippen molar-refractivity contribution in [2.75, 3.05) is 0 Å². The van der Waals surface area contributed by atoms with Crippen LogP contribution in [-0.4, -0.2) is 19.3 Å². The summed E-state index contributed by atoms with van der Waals surface area (Å²) in [6.45, 7) is 0. The maximum atomic E-state index is 13.2. The molecule has 2 aromatic carbocycles. The normalized spacial score (nSPS) is 11.4. The van der Waals surface area contributed by atoms with Crippen LogP contribution in [0, 0.1) is 10.1 Å². The van der Waals surface area contributed by atoms with Gasteiger partial charge in [0.15, 0.2) is 4.96 Å². The number of thiazole rings is 1. The quantitative estimate of drug-likeness (QED) is 0.264. The van der Waals surface area contributed by atoms with E-state index >= 15 is 0 Å². The van der Waals surface area contributed by atoms with Gasteiger partial charge in [0, 0.05) is 34.7 Å². The summed E-state index contributed by atoms with van der Waals surface area (Å²) < 4.78 is 1.49. The van der Waals surface area contributed by atoms with E-state index in [1.54, 1.807) is 17.5 Å². The van der Waals surface area contributed by atoms with Gasteiger partial charge >= 0.3 is 0 Å². The van der Waals surface area contributed by atoms with Crippen molar-refractivity contribution in [2.45, 2.75) is 0 Å². The molecule has 7 nitrogen and oxygen atoms in total. The summed E-state index contributed by atoms with van der Waals surface area (Å²) in [6.07, 6.45) is 1.54. The van der Waals surface area contributed by atoms with Crippen molar-refractivity contribution < 1.29 is 4.92 Å². The van der Waals surface area contributed by atoms with Crippen molar-refractivity contribution >= 4 is 43.8 Å². The number of rotatable bonds is 2. The number of pyridine rings is 1. The van der Waals surface area contributed by atoms with Crippen LogP contribution in [0.3, 0.4) is 0 Å². The molecule has 0 spiro atoms. The van der Waals surface area contributed by atoms with Crippen molar-refractivity contribution in [3.8, 4) is 11.3 Å². The third kappa shape index (κ3) is 2.31. The van der Waals surface area contributed by atoms with Crippen molar-refractivity contribution in [2.24, 2.45) is 0 Å². The van der Waals surface area contributed by atoms with Crippen molar-refractivity contribution in [3.05, 3.63) is 80.6 Å². The molecule has 5 rings (SSSR count). The second-order valence-electron chi connectivity index (χ2n) is 6.00. The highest BCUT2D eigenvalue weighted by Gasteiger charge is 2.16. The van der Waals surface area contributed by atoms with E-state index in [9.17, 15) is 14.9 Å². The monoisotopic (exact) mass is 374 g/mol. The Kier molecular flexibility index (Phi) is 3.28. The van der Waals surface area contributed by atoms with Crippen LogP contribution in [0.15, 0.2) is 64.9 Å². The van der Waals surface area contributed by atoms with Gasteiger partial charge in [0.2, 0.25) is 0 Å². The first-order valence-corrected chi connectivity index (χ1v) is 8.94. The van der Waals surface area contributed by atoms with E-state index in [0.29, 0.717) is 27.1 Å². The summed E-state index contributed by atoms with van der Waals surface area (Å²) in [4.78, 5) is 33.4. The molecule has 0 fully saturated rings.